The molecule has 3 nitrogen and oxygen atoms in total. The molecule has 0 aliphatic carbocycles. The molecule has 2 aromatic carbocycles. The van der Waals surface area contributed by atoms with Gasteiger partial charge in [0, 0.05) is 10.0 Å². The van der Waals surface area contributed by atoms with Crippen LogP contribution >= 0.6 is 23.2 Å². The maximum absolute atomic E-state index is 8.83. The zero-order valence-electron chi connectivity index (χ0n) is 8.98. The van der Waals surface area contributed by atoms with Crippen LogP contribution in [0.2, 0.25) is 10.0 Å². The first-order chi connectivity index (χ1) is 8.19. The third kappa shape index (κ3) is 3.51. The molecule has 2 aromatic rings. The number of nitrogens with zero attached hydrogens (tertiary/aromatic N) is 2. The number of halogens is 3. The molecule has 92 valence electrons. The normalized spacial score (nSPS) is 9.17. The summed E-state index contributed by atoms with van der Waals surface area (Å²) in [6, 6.07) is 11.7. The van der Waals surface area contributed by atoms with Gasteiger partial charge >= 0.3 is 5.69 Å². The maximum Gasteiger partial charge on any atom is 0.428 e. The van der Waals surface area contributed by atoms with Crippen LogP contribution in [0.15, 0.2) is 42.5 Å². The Morgan fingerprint density at radius 1 is 0.944 bits per heavy atom. The van der Waals surface area contributed by atoms with Gasteiger partial charge in [-0.2, -0.15) is 0 Å². The molecular weight excluding hydrogens is 295 g/mol. The quantitative estimate of drug-likeness (QED) is 0.798. The molecule has 0 saturated carbocycles. The SMILES string of the molecule is N#[N+]c1cc(Cl)ccc1Oc1ccc(Cl)cc1.[Cl-]. The Morgan fingerprint density at radius 2 is 1.56 bits per heavy atom. The van der Waals surface area contributed by atoms with Crippen LogP contribution in [0.25, 0.3) is 4.98 Å². The number of hydrogen-bond acceptors (Lipinski definition) is 2. The van der Waals surface area contributed by atoms with Crippen molar-refractivity contribution in [2.75, 3.05) is 0 Å². The minimum atomic E-state index is 0. The molecule has 0 saturated heterocycles. The van der Waals surface area contributed by atoms with E-state index in [2.05, 4.69) is 4.98 Å². The second kappa shape index (κ2) is 6.46. The third-order valence-electron chi connectivity index (χ3n) is 2.07. The minimum absolute atomic E-state index is 0. The molecule has 18 heavy (non-hydrogen) atoms. The minimum Gasteiger partial charge on any atom is -1.00 e. The van der Waals surface area contributed by atoms with Gasteiger partial charge in [0.15, 0.2) is 4.98 Å². The highest BCUT2D eigenvalue weighted by atomic mass is 35.5. The number of benzene rings is 2. The molecule has 0 spiro atoms. The number of hydrogen-bond donors (Lipinski definition) is 0. The van der Waals surface area contributed by atoms with Crippen LogP contribution in [0.5, 0.6) is 11.5 Å². The summed E-state index contributed by atoms with van der Waals surface area (Å²) in [6.45, 7) is 0. The summed E-state index contributed by atoms with van der Waals surface area (Å²) in [4.78, 5) is 3.11. The Balaban J connectivity index is 0.00000162. The van der Waals surface area contributed by atoms with Gasteiger partial charge in [0.25, 0.3) is 0 Å². The smallest absolute Gasteiger partial charge is 0.428 e. The summed E-state index contributed by atoms with van der Waals surface area (Å²) < 4.78 is 5.54. The lowest BCUT2D eigenvalue weighted by Gasteiger charge is -2.03. The van der Waals surface area contributed by atoms with Crippen molar-refractivity contribution in [3.8, 4) is 11.5 Å². The van der Waals surface area contributed by atoms with Crippen LogP contribution in [0.1, 0.15) is 0 Å². The second-order valence-electron chi connectivity index (χ2n) is 3.27. The molecule has 0 aliphatic heterocycles. The molecule has 0 N–H and O–H groups in total. The summed E-state index contributed by atoms with van der Waals surface area (Å²) in [5, 5.41) is 9.93. The van der Waals surface area contributed by atoms with Crippen LogP contribution in [0.3, 0.4) is 0 Å². The molecule has 2 rings (SSSR count). The molecular formula is C12H7Cl3N2O. The lowest BCUT2D eigenvalue weighted by Crippen LogP contribution is -3.00. The topological polar surface area (TPSA) is 37.4 Å². The number of rotatable bonds is 2. The highest BCUT2D eigenvalue weighted by Gasteiger charge is 2.16. The van der Waals surface area contributed by atoms with Crippen molar-refractivity contribution in [2.24, 2.45) is 0 Å². The van der Waals surface area contributed by atoms with E-state index < -0.39 is 0 Å². The summed E-state index contributed by atoms with van der Waals surface area (Å²) in [5.74, 6) is 1.01. The Labute approximate surface area is 120 Å². The first kappa shape index (κ1) is 14.6. The first-order valence-corrected chi connectivity index (χ1v) is 5.53. The van der Waals surface area contributed by atoms with Gasteiger partial charge in [-0.3, -0.25) is 0 Å². The fourth-order valence-electron chi connectivity index (χ4n) is 1.28. The van der Waals surface area contributed by atoms with Crippen molar-refractivity contribution in [1.82, 2.24) is 0 Å². The van der Waals surface area contributed by atoms with Gasteiger partial charge in [-0.1, -0.05) is 23.2 Å². The number of ether oxygens (including phenoxy) is 1. The molecule has 6 heteroatoms. The average Bonchev–Trinajstić information content (AvgIpc) is 2.34. The molecule has 0 heterocycles. The molecule has 0 radical (unpaired) electrons. The van der Waals surface area contributed by atoms with Crippen LogP contribution in [0, 0.1) is 5.39 Å². The van der Waals surface area contributed by atoms with Crippen molar-refractivity contribution >= 4 is 28.9 Å². The van der Waals surface area contributed by atoms with Crippen LogP contribution in [0.4, 0.5) is 5.69 Å². The predicted octanol–water partition coefficient (Wildman–Crippen LogP) is 2.27. The van der Waals surface area contributed by atoms with Crippen molar-refractivity contribution in [2.45, 2.75) is 0 Å². The summed E-state index contributed by atoms with van der Waals surface area (Å²) in [6.07, 6.45) is 0. The van der Waals surface area contributed by atoms with Gasteiger partial charge in [-0.25, -0.2) is 0 Å². The monoisotopic (exact) mass is 300 g/mol. The summed E-state index contributed by atoms with van der Waals surface area (Å²) in [7, 11) is 0. The Morgan fingerprint density at radius 3 is 2.17 bits per heavy atom. The standard InChI is InChI=1S/C12H7Cl2N2O.ClH/c13-8-1-4-10(5-2-8)17-12-6-3-9(14)7-11(12)16-15;/h1-7H;1H/q+1;/p-1. The zero-order chi connectivity index (χ0) is 12.3. The van der Waals surface area contributed by atoms with Crippen molar-refractivity contribution in [3.05, 3.63) is 57.5 Å². The predicted molar refractivity (Wildman–Crippen MR) is 67.7 cm³/mol. The Kier molecular flexibility index (Phi) is 5.24. The second-order valence-corrected chi connectivity index (χ2v) is 4.14. The van der Waals surface area contributed by atoms with Crippen LogP contribution in [-0.4, -0.2) is 0 Å². The zero-order valence-corrected chi connectivity index (χ0v) is 11.2. The van der Waals surface area contributed by atoms with E-state index in [1.165, 1.54) is 6.07 Å². The molecule has 0 fully saturated rings. The van der Waals surface area contributed by atoms with E-state index in [0.29, 0.717) is 21.5 Å². The van der Waals surface area contributed by atoms with E-state index in [1.54, 1.807) is 36.4 Å². The van der Waals surface area contributed by atoms with Crippen LogP contribution in [-0.2, 0) is 0 Å². The van der Waals surface area contributed by atoms with Gasteiger partial charge in [-0.15, -0.1) is 0 Å². The lowest BCUT2D eigenvalue weighted by atomic mass is 10.3. The van der Waals surface area contributed by atoms with E-state index in [-0.39, 0.29) is 18.1 Å². The van der Waals surface area contributed by atoms with E-state index in [0.717, 1.165) is 0 Å². The maximum atomic E-state index is 8.83. The fraction of sp³-hybridized carbons (Fsp3) is 0. The van der Waals surface area contributed by atoms with Crippen molar-refractivity contribution in [1.29, 1.82) is 5.39 Å². The highest BCUT2D eigenvalue weighted by molar-refractivity contribution is 6.31. The van der Waals surface area contributed by atoms with E-state index in [9.17, 15) is 0 Å². The molecule has 0 unspecified atom stereocenters. The molecule has 0 atom stereocenters. The Hall–Kier alpha value is -1.47. The average molecular weight is 302 g/mol. The number of diazo groups is 1. The third-order valence-corrected chi connectivity index (χ3v) is 2.56. The lowest BCUT2D eigenvalue weighted by molar-refractivity contribution is -0.00000390. The van der Waals surface area contributed by atoms with Crippen LogP contribution < -0.4 is 17.1 Å². The Bertz CT molecular complexity index is 579. The van der Waals surface area contributed by atoms with Gasteiger partial charge in [0.2, 0.25) is 11.1 Å². The van der Waals surface area contributed by atoms with E-state index in [1.807, 2.05) is 0 Å². The fourth-order valence-corrected chi connectivity index (χ4v) is 1.58. The largest absolute Gasteiger partial charge is 1.00 e. The van der Waals surface area contributed by atoms with Crippen molar-refractivity contribution < 1.29 is 17.1 Å². The molecule has 0 bridgehead atoms. The van der Waals surface area contributed by atoms with Gasteiger partial charge in [0.1, 0.15) is 5.75 Å². The summed E-state index contributed by atoms with van der Waals surface area (Å²) in [5.41, 5.74) is 0.271. The molecule has 0 amide bonds. The van der Waals surface area contributed by atoms with E-state index in [4.69, 9.17) is 33.3 Å². The first-order valence-electron chi connectivity index (χ1n) is 4.77. The summed E-state index contributed by atoms with van der Waals surface area (Å²) >= 11 is 11.5. The van der Waals surface area contributed by atoms with Gasteiger partial charge in [-0.05, 0) is 36.4 Å². The van der Waals surface area contributed by atoms with Gasteiger partial charge < -0.3 is 17.1 Å². The molecule has 0 aromatic heterocycles. The highest BCUT2D eigenvalue weighted by Crippen LogP contribution is 2.34. The van der Waals surface area contributed by atoms with Crippen molar-refractivity contribution in [3.63, 3.8) is 0 Å². The van der Waals surface area contributed by atoms with E-state index >= 15 is 0 Å². The van der Waals surface area contributed by atoms with Gasteiger partial charge in [0.05, 0.1) is 6.07 Å². The molecule has 0 aliphatic rings.